The van der Waals surface area contributed by atoms with Crippen LogP contribution in [-0.2, 0) is 4.44 Å². The van der Waals surface area contributed by atoms with E-state index in [-0.39, 0.29) is 21.1 Å². The van der Waals surface area contributed by atoms with Crippen molar-refractivity contribution in [1.82, 2.24) is 0 Å². The molecule has 0 nitrogen and oxygen atoms in total. The van der Waals surface area contributed by atoms with E-state index < -0.39 is 18.4 Å². The Morgan fingerprint density at radius 3 is 1.71 bits per heavy atom. The second-order valence-corrected chi connectivity index (χ2v) is 34.9. The van der Waals surface area contributed by atoms with E-state index in [0.717, 1.165) is 0 Å². The van der Waals surface area contributed by atoms with Gasteiger partial charge in [-0.3, -0.25) is 0 Å². The molecule has 0 aliphatic carbocycles. The summed E-state index contributed by atoms with van der Waals surface area (Å²) < 4.78 is 7.54. The molecule has 0 unspecified atom stereocenters. The maximum absolute atomic E-state index is 2.62. The summed E-state index contributed by atoms with van der Waals surface area (Å²) in [6.07, 6.45) is 0. The maximum atomic E-state index is 2.62. The van der Waals surface area contributed by atoms with Gasteiger partial charge in [0.2, 0.25) is 0 Å². The Labute approximate surface area is 234 Å². The average Bonchev–Trinajstić information content (AvgIpc) is 3.51. The molecule has 0 bridgehead atoms. The molecule has 5 aromatic rings. The third-order valence-corrected chi connectivity index (χ3v) is 24.7. The van der Waals surface area contributed by atoms with Gasteiger partial charge in [-0.25, -0.2) is 0 Å². The molecule has 0 aliphatic rings. The van der Waals surface area contributed by atoms with Crippen molar-refractivity contribution in [2.45, 2.75) is 58.3 Å². The van der Waals surface area contributed by atoms with Crippen LogP contribution in [0.15, 0.2) is 24.3 Å². The number of benzene rings is 1. The zero-order valence-electron chi connectivity index (χ0n) is 21.4. The van der Waals surface area contributed by atoms with Gasteiger partial charge in [0.1, 0.15) is 0 Å². The van der Waals surface area contributed by atoms with Gasteiger partial charge in [-0.05, 0) is 0 Å². The van der Waals surface area contributed by atoms with Crippen LogP contribution in [-0.4, -0.2) is 39.5 Å². The number of hydrogen-bond acceptors (Lipinski definition) is 4. The molecule has 0 fully saturated rings. The van der Waals surface area contributed by atoms with E-state index >= 15 is 0 Å². The Morgan fingerprint density at radius 2 is 1.24 bits per heavy atom. The van der Waals surface area contributed by atoms with Gasteiger partial charge < -0.3 is 0 Å². The predicted molar refractivity (Wildman–Crippen MR) is 166 cm³/mol. The number of fused-ring (bicyclic) bond motifs is 2. The van der Waals surface area contributed by atoms with E-state index in [9.17, 15) is 0 Å². The van der Waals surface area contributed by atoms with E-state index in [1.165, 1.54) is 70.8 Å². The molecule has 0 amide bonds. The molecule has 6 heteroatoms. The summed E-state index contributed by atoms with van der Waals surface area (Å²) in [7, 11) is 0. The summed E-state index contributed by atoms with van der Waals surface area (Å²) in [5.74, 6) is 0. The fourth-order valence-electron chi connectivity index (χ4n) is 4.41. The molecule has 0 saturated heterocycles. The molecule has 0 saturated carbocycles. The van der Waals surface area contributed by atoms with Crippen molar-refractivity contribution < 1.29 is 0 Å². The molecule has 0 aliphatic heterocycles. The normalized spacial score (nSPS) is 12.5. The van der Waals surface area contributed by atoms with Crippen LogP contribution in [0, 0.1) is 27.7 Å². The number of thiophene rings is 4. The fraction of sp³-hybridized carbons (Fsp3) is 0.357. The molecular weight excluding hydrogens is 702 g/mol. The van der Waals surface area contributed by atoms with Gasteiger partial charge in [-0.2, -0.15) is 0 Å². The van der Waals surface area contributed by atoms with Crippen LogP contribution in [0.5, 0.6) is 0 Å². The third kappa shape index (κ3) is 4.62. The van der Waals surface area contributed by atoms with Gasteiger partial charge in [0.15, 0.2) is 0 Å². The molecule has 2 radical (unpaired) electrons. The minimum absolute atomic E-state index is 0.294. The van der Waals surface area contributed by atoms with Crippen LogP contribution in [0.2, 0.25) is 19.3 Å². The second kappa shape index (κ2) is 9.79. The number of rotatable bonds is 6. The second-order valence-electron chi connectivity index (χ2n) is 10.3. The first-order valence-electron chi connectivity index (χ1n) is 12.0. The van der Waals surface area contributed by atoms with Crippen molar-refractivity contribution in [2.75, 3.05) is 0 Å². The molecule has 5 rings (SSSR count). The van der Waals surface area contributed by atoms with E-state index in [4.69, 9.17) is 0 Å². The van der Waals surface area contributed by atoms with Gasteiger partial charge in [0.05, 0.1) is 0 Å². The first kappa shape index (κ1) is 25.8. The summed E-state index contributed by atoms with van der Waals surface area (Å²) in [5.41, 5.74) is 5.90. The molecule has 0 spiro atoms. The first-order valence-corrected chi connectivity index (χ1v) is 29.3. The predicted octanol–water partition coefficient (Wildman–Crippen LogP) is 9.99. The molecule has 1 aromatic carbocycles. The summed E-state index contributed by atoms with van der Waals surface area (Å²) in [4.78, 5) is 15.1. The van der Waals surface area contributed by atoms with E-state index in [2.05, 4.69) is 96.4 Å². The molecule has 0 atom stereocenters. The van der Waals surface area contributed by atoms with Crippen LogP contribution in [0.3, 0.4) is 0 Å². The third-order valence-electron chi connectivity index (χ3n) is 6.62. The molecule has 4 heterocycles. The fourth-order valence-corrected chi connectivity index (χ4v) is 17.3. The van der Waals surface area contributed by atoms with Crippen molar-refractivity contribution >= 4 is 108 Å². The molecular formula is C28H32S4Sn2. The van der Waals surface area contributed by atoms with Gasteiger partial charge in [-0.1, -0.05) is 0 Å². The van der Waals surface area contributed by atoms with Gasteiger partial charge in [0.25, 0.3) is 0 Å². The van der Waals surface area contributed by atoms with Gasteiger partial charge >= 0.3 is 237 Å². The Morgan fingerprint density at radius 1 is 0.706 bits per heavy atom. The van der Waals surface area contributed by atoms with Crippen molar-refractivity contribution in [3.8, 4) is 20.9 Å². The Bertz CT molecular complexity index is 1380. The van der Waals surface area contributed by atoms with Crippen LogP contribution in [0.4, 0.5) is 0 Å². The monoisotopic (exact) mass is 736 g/mol. The quantitative estimate of drug-likeness (QED) is 0.153. The molecule has 4 aromatic heterocycles. The van der Waals surface area contributed by atoms with Gasteiger partial charge in [0, 0.05) is 0 Å². The number of aryl methyl sites for hydroxylation is 4. The van der Waals surface area contributed by atoms with Crippen molar-refractivity contribution in [3.05, 3.63) is 50.0 Å². The Kier molecular flexibility index (Phi) is 7.42. The standard InChI is InChI=1S/C23H18S4.C2H5.3CH3.2Sn/c1-11-8-18(26-14(11)4)20-16-6-7-24-22(16)21(17-10-13(3)25-23(17)20)19-9-12(2)15(5)27-19;1-2;;;;;/h6,8-10H,3H2,1-2,4-5H3;1H2,2H3;3*1H3;;. The Balaban J connectivity index is 1.94. The zero-order chi connectivity index (χ0) is 24.4. The SMILES string of the molecule is C[CH2][Sn][CH2]c1cc2c(-c3cc(C)c(C)s3)c3s[c]([Sn]([CH3])([CH3])[CH3])cc3c(-c3cc(C)c(C)s3)c2s1. The van der Waals surface area contributed by atoms with Crippen LogP contribution in [0.1, 0.15) is 32.7 Å². The molecule has 34 heavy (non-hydrogen) atoms. The van der Waals surface area contributed by atoms with Crippen LogP contribution in [0.25, 0.3) is 41.1 Å². The molecule has 0 N–H and O–H groups in total. The summed E-state index contributed by atoms with van der Waals surface area (Å²) in [6, 6.07) is 10.1. The first-order chi connectivity index (χ1) is 16.1. The summed E-state index contributed by atoms with van der Waals surface area (Å²) in [6.45, 7) is 11.5. The van der Waals surface area contributed by atoms with Crippen molar-refractivity contribution in [1.29, 1.82) is 0 Å². The Hall–Kier alpha value is 0.137. The number of hydrogen-bond donors (Lipinski definition) is 0. The van der Waals surface area contributed by atoms with Crippen LogP contribution < -0.4 is 2.89 Å². The van der Waals surface area contributed by atoms with Crippen molar-refractivity contribution in [2.24, 2.45) is 0 Å². The minimum atomic E-state index is -2.23. The van der Waals surface area contributed by atoms with Gasteiger partial charge in [-0.15, -0.1) is 0 Å². The van der Waals surface area contributed by atoms with Crippen molar-refractivity contribution in [3.63, 3.8) is 0 Å². The molecule has 176 valence electrons. The van der Waals surface area contributed by atoms with E-state index in [1.807, 2.05) is 22.7 Å². The van der Waals surface area contributed by atoms with Crippen LogP contribution >= 0.6 is 45.3 Å². The van der Waals surface area contributed by atoms with E-state index in [0.29, 0.717) is 0 Å². The van der Waals surface area contributed by atoms with E-state index in [1.54, 1.807) is 7.77 Å². The topological polar surface area (TPSA) is 0 Å². The summed E-state index contributed by atoms with van der Waals surface area (Å²) >= 11 is 5.68. The average molecular weight is 734 g/mol. The zero-order valence-corrected chi connectivity index (χ0v) is 30.3. The summed E-state index contributed by atoms with van der Waals surface area (Å²) in [5, 5.41) is 3.03.